The number of carbonyl (C=O) groups is 3. The molecule has 0 aliphatic carbocycles. The Kier molecular flexibility index (Phi) is 7.76. The van der Waals surface area contributed by atoms with Crippen molar-refractivity contribution in [1.29, 1.82) is 0 Å². The van der Waals surface area contributed by atoms with Crippen LogP contribution in [0.1, 0.15) is 37.0 Å². The summed E-state index contributed by atoms with van der Waals surface area (Å²) in [5, 5.41) is 13.7. The summed E-state index contributed by atoms with van der Waals surface area (Å²) in [5.41, 5.74) is 0.381. The highest BCUT2D eigenvalue weighted by molar-refractivity contribution is 6.40. The maximum absolute atomic E-state index is 12.0. The summed E-state index contributed by atoms with van der Waals surface area (Å²) < 4.78 is 5.11. The molecule has 126 valence electrons. The van der Waals surface area contributed by atoms with Crippen molar-refractivity contribution in [1.82, 2.24) is 5.32 Å². The number of anilines is 1. The van der Waals surface area contributed by atoms with Gasteiger partial charge in [0.25, 0.3) is 0 Å². The summed E-state index contributed by atoms with van der Waals surface area (Å²) in [6.45, 7) is 3.73. The number of unbranched alkanes of at least 4 members (excludes halogenated alkanes) is 1. The van der Waals surface area contributed by atoms with E-state index in [1.807, 2.05) is 6.92 Å². The van der Waals surface area contributed by atoms with Crippen LogP contribution < -0.4 is 10.6 Å². The molecule has 0 radical (unpaired) electrons. The highest BCUT2D eigenvalue weighted by Crippen LogP contribution is 2.16. The molecule has 3 N–H and O–H groups in total. The number of benzene rings is 1. The SMILES string of the molecule is CCCCOC(=O)c1ccccc1NC(=O)C(=O)NCC(C)O. The number of aliphatic hydroxyl groups is 1. The van der Waals surface area contributed by atoms with Gasteiger partial charge in [0.05, 0.1) is 24.0 Å². The van der Waals surface area contributed by atoms with Crippen molar-refractivity contribution in [2.24, 2.45) is 0 Å². The molecule has 1 atom stereocenters. The van der Waals surface area contributed by atoms with E-state index < -0.39 is 23.9 Å². The molecule has 23 heavy (non-hydrogen) atoms. The minimum absolute atomic E-state index is 0.0348. The third-order valence-electron chi connectivity index (χ3n) is 2.89. The number of para-hydroxylation sites is 1. The molecule has 0 spiro atoms. The number of ether oxygens (including phenoxy) is 1. The molecule has 1 aromatic rings. The molecule has 2 amide bonds. The van der Waals surface area contributed by atoms with E-state index in [0.717, 1.165) is 12.8 Å². The van der Waals surface area contributed by atoms with E-state index >= 15 is 0 Å². The Morgan fingerprint density at radius 2 is 1.91 bits per heavy atom. The van der Waals surface area contributed by atoms with E-state index in [-0.39, 0.29) is 17.8 Å². The highest BCUT2D eigenvalue weighted by Gasteiger charge is 2.18. The Labute approximate surface area is 135 Å². The van der Waals surface area contributed by atoms with Gasteiger partial charge in [0.2, 0.25) is 0 Å². The molecule has 1 unspecified atom stereocenters. The lowest BCUT2D eigenvalue weighted by molar-refractivity contribution is -0.136. The zero-order valence-electron chi connectivity index (χ0n) is 13.3. The first-order valence-corrected chi connectivity index (χ1v) is 7.49. The number of rotatable bonds is 7. The van der Waals surface area contributed by atoms with Gasteiger partial charge in [-0.2, -0.15) is 0 Å². The summed E-state index contributed by atoms with van der Waals surface area (Å²) in [4.78, 5) is 35.4. The Bertz CT molecular complexity index is 557. The molecular weight excluding hydrogens is 300 g/mol. The van der Waals surface area contributed by atoms with E-state index in [2.05, 4.69) is 10.6 Å². The van der Waals surface area contributed by atoms with Crippen LogP contribution in [-0.4, -0.2) is 42.1 Å². The van der Waals surface area contributed by atoms with Crippen LogP contribution in [-0.2, 0) is 14.3 Å². The number of aliphatic hydroxyl groups excluding tert-OH is 1. The minimum atomic E-state index is -0.917. The Balaban J connectivity index is 2.71. The first-order valence-electron chi connectivity index (χ1n) is 7.49. The van der Waals surface area contributed by atoms with Crippen LogP contribution in [0.4, 0.5) is 5.69 Å². The van der Waals surface area contributed by atoms with E-state index in [1.165, 1.54) is 19.1 Å². The third-order valence-corrected chi connectivity index (χ3v) is 2.89. The average molecular weight is 322 g/mol. The van der Waals surface area contributed by atoms with Gasteiger partial charge in [0.1, 0.15) is 0 Å². The molecule has 0 aliphatic heterocycles. The van der Waals surface area contributed by atoms with Gasteiger partial charge in [0.15, 0.2) is 0 Å². The summed E-state index contributed by atoms with van der Waals surface area (Å²) >= 11 is 0. The molecule has 0 saturated carbocycles. The van der Waals surface area contributed by atoms with Gasteiger partial charge in [-0.05, 0) is 25.5 Å². The molecule has 0 bridgehead atoms. The zero-order valence-corrected chi connectivity index (χ0v) is 13.3. The molecule has 1 rings (SSSR count). The van der Waals surface area contributed by atoms with Gasteiger partial charge in [0, 0.05) is 6.54 Å². The van der Waals surface area contributed by atoms with Gasteiger partial charge in [-0.1, -0.05) is 25.5 Å². The van der Waals surface area contributed by atoms with Crippen LogP contribution in [0.3, 0.4) is 0 Å². The second kappa shape index (κ2) is 9.58. The predicted octanol–water partition coefficient (Wildman–Crippen LogP) is 1.08. The van der Waals surface area contributed by atoms with Gasteiger partial charge >= 0.3 is 17.8 Å². The van der Waals surface area contributed by atoms with Gasteiger partial charge in [-0.3, -0.25) is 9.59 Å². The standard InChI is InChI=1S/C16H22N2O5/c1-3-4-9-23-16(22)12-7-5-6-8-13(12)18-15(21)14(20)17-10-11(2)19/h5-8,11,19H,3-4,9-10H2,1-2H3,(H,17,20)(H,18,21). The number of hydrogen-bond acceptors (Lipinski definition) is 5. The van der Waals surface area contributed by atoms with E-state index in [0.29, 0.717) is 6.61 Å². The highest BCUT2D eigenvalue weighted by atomic mass is 16.5. The van der Waals surface area contributed by atoms with Crippen LogP contribution >= 0.6 is 0 Å². The predicted molar refractivity (Wildman–Crippen MR) is 85.0 cm³/mol. The Morgan fingerprint density at radius 1 is 1.22 bits per heavy atom. The summed E-state index contributed by atoms with van der Waals surface area (Å²) in [6, 6.07) is 6.29. The van der Waals surface area contributed by atoms with Crippen molar-refractivity contribution >= 4 is 23.5 Å². The van der Waals surface area contributed by atoms with Crippen LogP contribution in [0.5, 0.6) is 0 Å². The smallest absolute Gasteiger partial charge is 0.340 e. The molecular formula is C16H22N2O5. The topological polar surface area (TPSA) is 105 Å². The molecule has 7 nitrogen and oxygen atoms in total. The van der Waals surface area contributed by atoms with Crippen molar-refractivity contribution in [2.75, 3.05) is 18.5 Å². The third kappa shape index (κ3) is 6.48. The van der Waals surface area contributed by atoms with Crippen molar-refractivity contribution < 1.29 is 24.2 Å². The van der Waals surface area contributed by atoms with E-state index in [9.17, 15) is 14.4 Å². The first kappa shape index (κ1) is 18.6. The minimum Gasteiger partial charge on any atom is -0.462 e. The normalized spacial score (nSPS) is 11.4. The quantitative estimate of drug-likeness (QED) is 0.396. The second-order valence-corrected chi connectivity index (χ2v) is 5.05. The fourth-order valence-electron chi connectivity index (χ4n) is 1.66. The number of amides is 2. The largest absolute Gasteiger partial charge is 0.462 e. The molecule has 0 aliphatic rings. The summed E-state index contributed by atoms with van der Waals surface area (Å²) in [7, 11) is 0. The second-order valence-electron chi connectivity index (χ2n) is 5.05. The monoisotopic (exact) mass is 322 g/mol. The maximum Gasteiger partial charge on any atom is 0.340 e. The van der Waals surface area contributed by atoms with E-state index in [1.54, 1.807) is 12.1 Å². The van der Waals surface area contributed by atoms with Crippen molar-refractivity contribution in [3.8, 4) is 0 Å². The first-order chi connectivity index (χ1) is 11.0. The molecule has 0 saturated heterocycles. The summed E-state index contributed by atoms with van der Waals surface area (Å²) in [5.74, 6) is -2.36. The Hall–Kier alpha value is -2.41. The number of hydrogen-bond donors (Lipinski definition) is 3. The Morgan fingerprint density at radius 3 is 2.57 bits per heavy atom. The van der Waals surface area contributed by atoms with Crippen LogP contribution in [0.25, 0.3) is 0 Å². The van der Waals surface area contributed by atoms with Gasteiger partial charge < -0.3 is 20.5 Å². The van der Waals surface area contributed by atoms with Gasteiger partial charge in [-0.25, -0.2) is 4.79 Å². The molecule has 0 fully saturated rings. The average Bonchev–Trinajstić information content (AvgIpc) is 2.53. The number of carbonyl (C=O) groups excluding carboxylic acids is 3. The van der Waals surface area contributed by atoms with Gasteiger partial charge in [-0.15, -0.1) is 0 Å². The maximum atomic E-state index is 12.0. The number of esters is 1. The molecule has 1 aromatic carbocycles. The van der Waals surface area contributed by atoms with Crippen molar-refractivity contribution in [2.45, 2.75) is 32.8 Å². The zero-order chi connectivity index (χ0) is 17.2. The lowest BCUT2D eigenvalue weighted by Gasteiger charge is -2.11. The molecule has 0 aromatic heterocycles. The lowest BCUT2D eigenvalue weighted by Crippen LogP contribution is -2.39. The number of nitrogens with one attached hydrogen (secondary N) is 2. The molecule has 7 heteroatoms. The fourth-order valence-corrected chi connectivity index (χ4v) is 1.66. The van der Waals surface area contributed by atoms with E-state index in [4.69, 9.17) is 9.84 Å². The fraction of sp³-hybridized carbons (Fsp3) is 0.438. The van der Waals surface area contributed by atoms with Crippen LogP contribution in [0, 0.1) is 0 Å². The van der Waals surface area contributed by atoms with Crippen LogP contribution in [0.15, 0.2) is 24.3 Å². The molecule has 0 heterocycles. The van der Waals surface area contributed by atoms with Crippen LogP contribution in [0.2, 0.25) is 0 Å². The summed E-state index contributed by atoms with van der Waals surface area (Å²) in [6.07, 6.45) is 0.893. The lowest BCUT2D eigenvalue weighted by atomic mass is 10.1. The van der Waals surface area contributed by atoms with Crippen molar-refractivity contribution in [3.63, 3.8) is 0 Å². The van der Waals surface area contributed by atoms with Crippen molar-refractivity contribution in [3.05, 3.63) is 29.8 Å².